The van der Waals surface area contributed by atoms with Crippen molar-refractivity contribution >= 4 is 21.7 Å². The molecule has 0 amide bonds. The van der Waals surface area contributed by atoms with Crippen molar-refractivity contribution in [3.05, 3.63) is 41.7 Å². The Bertz CT molecular complexity index is 1030. The minimum Gasteiger partial charge on any atom is -0.392 e. The highest BCUT2D eigenvalue weighted by Gasteiger charge is 2.59. The van der Waals surface area contributed by atoms with E-state index in [0.717, 1.165) is 8.61 Å². The normalized spacial score (nSPS) is 22.0. The van der Waals surface area contributed by atoms with Gasteiger partial charge in [0.15, 0.2) is 5.82 Å². The van der Waals surface area contributed by atoms with E-state index in [1.165, 1.54) is 31.3 Å². The predicted molar refractivity (Wildman–Crippen MR) is 93.3 cm³/mol. The van der Waals surface area contributed by atoms with Crippen molar-refractivity contribution in [2.24, 2.45) is 5.92 Å². The van der Waals surface area contributed by atoms with Crippen molar-refractivity contribution in [3.8, 4) is 11.3 Å². The molecule has 144 valence electrons. The van der Waals surface area contributed by atoms with Crippen LogP contribution in [0.2, 0.25) is 0 Å². The summed E-state index contributed by atoms with van der Waals surface area (Å²) in [6.45, 7) is -0.815. The average molecular weight is 399 g/mol. The molecule has 0 spiro atoms. The maximum absolute atomic E-state index is 14.5. The fourth-order valence-corrected chi connectivity index (χ4v) is 4.57. The van der Waals surface area contributed by atoms with Crippen molar-refractivity contribution in [3.63, 3.8) is 0 Å². The van der Waals surface area contributed by atoms with E-state index in [1.54, 1.807) is 6.07 Å². The molecule has 0 bridgehead atoms. The van der Waals surface area contributed by atoms with E-state index in [0.29, 0.717) is 0 Å². The molecule has 1 N–H and O–H groups in total. The van der Waals surface area contributed by atoms with Crippen molar-refractivity contribution in [1.82, 2.24) is 4.98 Å². The van der Waals surface area contributed by atoms with Crippen molar-refractivity contribution in [1.29, 1.82) is 0 Å². The topological polar surface area (TPSA) is 73.7 Å². The van der Waals surface area contributed by atoms with Gasteiger partial charge < -0.3 is 5.11 Å². The minimum absolute atomic E-state index is 0.0465. The molecule has 0 saturated heterocycles. The van der Waals surface area contributed by atoms with Gasteiger partial charge in [0.05, 0.1) is 18.0 Å². The van der Waals surface area contributed by atoms with E-state index < -0.39 is 34.5 Å². The van der Waals surface area contributed by atoms with E-state index in [1.807, 2.05) is 0 Å². The third-order valence-corrected chi connectivity index (χ3v) is 6.68. The van der Waals surface area contributed by atoms with Crippen LogP contribution < -0.4 is 8.61 Å². The van der Waals surface area contributed by atoms with Gasteiger partial charge in [-0.05, 0) is 18.2 Å². The molecule has 2 heterocycles. The Morgan fingerprint density at radius 2 is 2.00 bits per heavy atom. The standard InChI is InChI=1S/C17H16F3N3O3S/c1-22-16-14(23(27(22,25)26)8-11-7-17(11,19)20)6-5-13(21-16)12-4-2-3-10(9-24)15(12)18/h2-6,11,24H,7-9H2,1H3. The van der Waals surface area contributed by atoms with Gasteiger partial charge >= 0.3 is 10.2 Å². The predicted octanol–water partition coefficient (Wildman–Crippen LogP) is 2.54. The molecule has 1 unspecified atom stereocenters. The summed E-state index contributed by atoms with van der Waals surface area (Å²) in [5.41, 5.74) is 0.570. The lowest BCUT2D eigenvalue weighted by molar-refractivity contribution is 0.101. The van der Waals surface area contributed by atoms with Gasteiger partial charge in [-0.3, -0.25) is 0 Å². The van der Waals surface area contributed by atoms with E-state index in [-0.39, 0.29) is 41.3 Å². The van der Waals surface area contributed by atoms with E-state index >= 15 is 0 Å². The van der Waals surface area contributed by atoms with Crippen LogP contribution in [0.25, 0.3) is 11.3 Å². The number of anilines is 2. The summed E-state index contributed by atoms with van der Waals surface area (Å²) in [6, 6.07) is 7.33. The van der Waals surface area contributed by atoms with Crippen LogP contribution in [0.5, 0.6) is 0 Å². The molecule has 2 aromatic rings. The first-order valence-electron chi connectivity index (χ1n) is 8.21. The number of aliphatic hydroxyl groups excluding tert-OH is 1. The third kappa shape index (κ3) is 2.74. The minimum atomic E-state index is -4.01. The number of nitrogens with zero attached hydrogens (tertiary/aromatic N) is 3. The lowest BCUT2D eigenvalue weighted by Crippen LogP contribution is -2.37. The summed E-state index contributed by atoms with van der Waals surface area (Å²) >= 11 is 0. The smallest absolute Gasteiger partial charge is 0.327 e. The van der Waals surface area contributed by atoms with Gasteiger partial charge in [-0.25, -0.2) is 26.8 Å². The Balaban J connectivity index is 1.76. The Hall–Kier alpha value is -2.33. The van der Waals surface area contributed by atoms with Gasteiger partial charge in [0.2, 0.25) is 0 Å². The second-order valence-corrected chi connectivity index (χ2v) is 8.53. The zero-order valence-corrected chi connectivity index (χ0v) is 15.0. The number of aromatic nitrogens is 1. The molecule has 0 radical (unpaired) electrons. The van der Waals surface area contributed by atoms with E-state index in [4.69, 9.17) is 0 Å². The summed E-state index contributed by atoms with van der Waals surface area (Å²) < 4.78 is 68.0. The first-order chi connectivity index (χ1) is 12.7. The van der Waals surface area contributed by atoms with Crippen molar-refractivity contribution in [2.45, 2.75) is 19.0 Å². The van der Waals surface area contributed by atoms with Gasteiger partial charge in [-0.2, -0.15) is 8.42 Å². The number of benzene rings is 1. The van der Waals surface area contributed by atoms with Crippen molar-refractivity contribution < 1.29 is 26.7 Å². The van der Waals surface area contributed by atoms with Crippen LogP contribution in [0.1, 0.15) is 12.0 Å². The number of fused-ring (bicyclic) bond motifs is 1. The molecule has 1 atom stereocenters. The first kappa shape index (κ1) is 18.1. The Labute approximate surface area is 154 Å². The molecule has 10 heteroatoms. The second-order valence-electron chi connectivity index (χ2n) is 6.64. The maximum Gasteiger partial charge on any atom is 0.327 e. The van der Waals surface area contributed by atoms with Crippen LogP contribution in [0.4, 0.5) is 24.7 Å². The molecular weight excluding hydrogens is 383 g/mol. The molecule has 4 rings (SSSR count). The van der Waals surface area contributed by atoms with Crippen molar-refractivity contribution in [2.75, 3.05) is 22.2 Å². The quantitative estimate of drug-likeness (QED) is 0.858. The SMILES string of the molecule is CN1c2nc(-c3cccc(CO)c3F)ccc2N(CC2CC2(F)F)S1(=O)=O. The lowest BCUT2D eigenvalue weighted by Gasteiger charge is -2.18. The molecule has 1 aliphatic heterocycles. The fraction of sp³-hybridized carbons (Fsp3) is 0.353. The molecule has 1 fully saturated rings. The van der Waals surface area contributed by atoms with Crippen LogP contribution in [0.15, 0.2) is 30.3 Å². The van der Waals surface area contributed by atoms with Crippen LogP contribution >= 0.6 is 0 Å². The van der Waals surface area contributed by atoms with Gasteiger partial charge in [-0.1, -0.05) is 12.1 Å². The molecule has 1 aromatic heterocycles. The summed E-state index contributed by atoms with van der Waals surface area (Å²) in [4.78, 5) is 4.25. The number of hydrogen-bond acceptors (Lipinski definition) is 4. The monoisotopic (exact) mass is 399 g/mol. The Morgan fingerprint density at radius 1 is 1.30 bits per heavy atom. The van der Waals surface area contributed by atoms with E-state index in [9.17, 15) is 26.7 Å². The summed E-state index contributed by atoms with van der Waals surface area (Å²) in [6.07, 6.45) is -0.345. The number of alkyl halides is 2. The zero-order valence-electron chi connectivity index (χ0n) is 14.2. The first-order valence-corrected chi connectivity index (χ1v) is 9.60. The number of rotatable bonds is 4. The molecule has 27 heavy (non-hydrogen) atoms. The Kier molecular flexibility index (Phi) is 3.90. The van der Waals surface area contributed by atoms with Gasteiger partial charge in [-0.15, -0.1) is 0 Å². The molecule has 6 nitrogen and oxygen atoms in total. The molecular formula is C17H16F3N3O3S. The Morgan fingerprint density at radius 3 is 2.63 bits per heavy atom. The number of pyridine rings is 1. The third-order valence-electron chi connectivity index (χ3n) is 4.91. The van der Waals surface area contributed by atoms with E-state index in [2.05, 4.69) is 4.98 Å². The second kappa shape index (κ2) is 5.83. The highest BCUT2D eigenvalue weighted by Crippen LogP contribution is 2.51. The van der Waals surface area contributed by atoms with Crippen LogP contribution in [-0.2, 0) is 16.8 Å². The fourth-order valence-electron chi connectivity index (χ4n) is 3.16. The van der Waals surface area contributed by atoms with Crippen LogP contribution in [0, 0.1) is 11.7 Å². The number of hydrogen-bond donors (Lipinski definition) is 1. The molecule has 2 aliphatic rings. The van der Waals surface area contributed by atoms with Gasteiger partial charge in [0.1, 0.15) is 5.82 Å². The maximum atomic E-state index is 14.5. The molecule has 1 aliphatic carbocycles. The summed E-state index contributed by atoms with van der Waals surface area (Å²) in [5, 5.41) is 9.21. The molecule has 1 aromatic carbocycles. The van der Waals surface area contributed by atoms with Gasteiger partial charge in [0.25, 0.3) is 5.92 Å². The number of aliphatic hydroxyl groups is 1. The highest BCUT2D eigenvalue weighted by molar-refractivity contribution is 7.94. The summed E-state index contributed by atoms with van der Waals surface area (Å²) in [7, 11) is -2.74. The summed E-state index contributed by atoms with van der Waals surface area (Å²) in [5.74, 6) is -4.47. The highest BCUT2D eigenvalue weighted by atomic mass is 32.2. The average Bonchev–Trinajstić information content (AvgIpc) is 3.19. The van der Waals surface area contributed by atoms with Crippen LogP contribution in [-0.4, -0.2) is 38.0 Å². The molecule has 1 saturated carbocycles. The zero-order chi connectivity index (χ0) is 19.6. The number of halogens is 3. The largest absolute Gasteiger partial charge is 0.392 e. The van der Waals surface area contributed by atoms with Gasteiger partial charge in [0, 0.05) is 37.1 Å². The lowest BCUT2D eigenvalue weighted by atomic mass is 10.1. The van der Waals surface area contributed by atoms with Crippen LogP contribution in [0.3, 0.4) is 0 Å².